The maximum Gasteiger partial charge on any atom is 0.231 e. The van der Waals surface area contributed by atoms with E-state index >= 15 is 0 Å². The summed E-state index contributed by atoms with van der Waals surface area (Å²) in [5, 5.41) is 0. The number of carbonyl (C=O) groups is 1. The topological polar surface area (TPSA) is 33.2 Å². The summed E-state index contributed by atoms with van der Waals surface area (Å²) >= 11 is 0. The fraction of sp³-hybridized carbons (Fsp3) is 0.200. The Labute approximate surface area is 106 Å². The standard InChI is InChI=1S/C15H14N2O/c1-10-12(11-4-3-7-16-9-11)5-6-14-13(10)8-15(18)17(14)2/h3-7,9H,8H2,1-2H3. The van der Waals surface area contributed by atoms with E-state index in [2.05, 4.69) is 18.0 Å². The molecule has 18 heavy (non-hydrogen) atoms. The highest BCUT2D eigenvalue weighted by Gasteiger charge is 2.26. The van der Waals surface area contributed by atoms with Crippen molar-refractivity contribution in [2.24, 2.45) is 0 Å². The van der Waals surface area contributed by atoms with E-state index in [-0.39, 0.29) is 5.91 Å². The van der Waals surface area contributed by atoms with E-state index in [4.69, 9.17) is 0 Å². The molecule has 1 aliphatic rings. The van der Waals surface area contributed by atoms with Crippen LogP contribution in [0, 0.1) is 6.92 Å². The van der Waals surface area contributed by atoms with Crippen LogP contribution in [0.1, 0.15) is 11.1 Å². The lowest BCUT2D eigenvalue weighted by molar-refractivity contribution is -0.117. The number of carbonyl (C=O) groups excluding carboxylic acids is 1. The minimum absolute atomic E-state index is 0.163. The highest BCUT2D eigenvalue weighted by molar-refractivity contribution is 6.02. The van der Waals surface area contributed by atoms with Gasteiger partial charge < -0.3 is 4.90 Å². The number of hydrogen-bond donors (Lipinski definition) is 0. The van der Waals surface area contributed by atoms with E-state index in [9.17, 15) is 4.79 Å². The number of benzene rings is 1. The highest BCUT2D eigenvalue weighted by Crippen LogP contribution is 2.35. The lowest BCUT2D eigenvalue weighted by atomic mass is 9.96. The van der Waals surface area contributed by atoms with E-state index in [1.807, 2.05) is 31.4 Å². The average molecular weight is 238 g/mol. The molecule has 2 heterocycles. The van der Waals surface area contributed by atoms with Crippen LogP contribution in [-0.2, 0) is 11.2 Å². The number of pyridine rings is 1. The molecule has 3 heteroatoms. The molecule has 3 nitrogen and oxygen atoms in total. The molecule has 1 aliphatic heterocycles. The molecule has 1 aromatic carbocycles. The van der Waals surface area contributed by atoms with Gasteiger partial charge in [-0.05, 0) is 35.7 Å². The van der Waals surface area contributed by atoms with Crippen LogP contribution in [0.4, 0.5) is 5.69 Å². The Bertz CT molecular complexity index is 620. The summed E-state index contributed by atoms with van der Waals surface area (Å²) in [6.07, 6.45) is 4.13. The highest BCUT2D eigenvalue weighted by atomic mass is 16.2. The molecule has 0 spiro atoms. The van der Waals surface area contributed by atoms with Gasteiger partial charge in [0.1, 0.15) is 0 Å². The van der Waals surface area contributed by atoms with Crippen molar-refractivity contribution in [3.8, 4) is 11.1 Å². The third-order valence-corrected chi connectivity index (χ3v) is 3.61. The van der Waals surface area contributed by atoms with E-state index in [1.165, 1.54) is 5.56 Å². The first-order chi connectivity index (χ1) is 8.68. The first-order valence-electron chi connectivity index (χ1n) is 5.98. The third kappa shape index (κ3) is 1.51. The largest absolute Gasteiger partial charge is 0.315 e. The average Bonchev–Trinajstić information content (AvgIpc) is 2.69. The van der Waals surface area contributed by atoms with Crippen LogP contribution in [0.25, 0.3) is 11.1 Å². The molecule has 0 bridgehead atoms. The molecular weight excluding hydrogens is 224 g/mol. The number of nitrogens with zero attached hydrogens (tertiary/aromatic N) is 2. The Hall–Kier alpha value is -2.16. The fourth-order valence-corrected chi connectivity index (χ4v) is 2.52. The SMILES string of the molecule is Cc1c(-c2cccnc2)ccc2c1CC(=O)N2C. The molecule has 0 aliphatic carbocycles. The molecular formula is C15H14N2O. The van der Waals surface area contributed by atoms with E-state index < -0.39 is 0 Å². The Morgan fingerprint density at radius 3 is 2.83 bits per heavy atom. The molecule has 1 aromatic heterocycles. The Kier molecular flexibility index (Phi) is 2.40. The fourth-order valence-electron chi connectivity index (χ4n) is 2.52. The van der Waals surface area contributed by atoms with Gasteiger partial charge in [0.2, 0.25) is 5.91 Å². The van der Waals surface area contributed by atoms with Gasteiger partial charge in [-0.25, -0.2) is 0 Å². The van der Waals surface area contributed by atoms with Crippen molar-refractivity contribution >= 4 is 11.6 Å². The molecule has 2 aromatic rings. The number of likely N-dealkylation sites (N-methyl/N-ethyl adjacent to an activating group) is 1. The lowest BCUT2D eigenvalue weighted by Crippen LogP contribution is -2.20. The second kappa shape index (κ2) is 3.95. The molecule has 0 unspecified atom stereocenters. The molecule has 0 atom stereocenters. The third-order valence-electron chi connectivity index (χ3n) is 3.61. The van der Waals surface area contributed by atoms with Gasteiger partial charge in [-0.2, -0.15) is 0 Å². The Morgan fingerprint density at radius 2 is 2.11 bits per heavy atom. The van der Waals surface area contributed by atoms with Crippen LogP contribution in [0.15, 0.2) is 36.7 Å². The van der Waals surface area contributed by atoms with Crippen LogP contribution in [0.5, 0.6) is 0 Å². The lowest BCUT2D eigenvalue weighted by Gasteiger charge is -2.13. The van der Waals surface area contributed by atoms with Gasteiger partial charge in [0.05, 0.1) is 6.42 Å². The molecule has 90 valence electrons. The second-order valence-electron chi connectivity index (χ2n) is 4.61. The summed E-state index contributed by atoms with van der Waals surface area (Å²) in [6.45, 7) is 2.08. The van der Waals surface area contributed by atoms with E-state index in [0.717, 1.165) is 22.4 Å². The quantitative estimate of drug-likeness (QED) is 0.765. The van der Waals surface area contributed by atoms with Gasteiger partial charge >= 0.3 is 0 Å². The summed E-state index contributed by atoms with van der Waals surface area (Å²) in [4.78, 5) is 17.6. The molecule has 0 N–H and O–H groups in total. The molecule has 3 rings (SSSR count). The summed E-state index contributed by atoms with van der Waals surface area (Å²) in [5.41, 5.74) is 5.61. The van der Waals surface area contributed by atoms with Gasteiger partial charge in [-0.1, -0.05) is 12.1 Å². The van der Waals surface area contributed by atoms with E-state index in [0.29, 0.717) is 6.42 Å². The monoisotopic (exact) mass is 238 g/mol. The number of hydrogen-bond acceptors (Lipinski definition) is 2. The van der Waals surface area contributed by atoms with Gasteiger partial charge in [-0.15, -0.1) is 0 Å². The summed E-state index contributed by atoms with van der Waals surface area (Å²) in [5.74, 6) is 0.163. The van der Waals surface area contributed by atoms with Crippen LogP contribution < -0.4 is 4.90 Å². The van der Waals surface area contributed by atoms with Crippen molar-refractivity contribution in [3.05, 3.63) is 47.8 Å². The van der Waals surface area contributed by atoms with Crippen LogP contribution in [-0.4, -0.2) is 17.9 Å². The molecule has 1 amide bonds. The zero-order valence-corrected chi connectivity index (χ0v) is 10.5. The predicted molar refractivity (Wildman–Crippen MR) is 71.5 cm³/mol. The number of rotatable bonds is 1. The minimum atomic E-state index is 0.163. The normalized spacial score (nSPS) is 13.9. The van der Waals surface area contributed by atoms with Crippen molar-refractivity contribution in [2.75, 3.05) is 11.9 Å². The summed E-state index contributed by atoms with van der Waals surface area (Å²) in [6, 6.07) is 8.07. The molecule has 0 saturated heterocycles. The minimum Gasteiger partial charge on any atom is -0.315 e. The maximum atomic E-state index is 11.7. The molecule has 0 radical (unpaired) electrons. The van der Waals surface area contributed by atoms with Crippen molar-refractivity contribution < 1.29 is 4.79 Å². The summed E-state index contributed by atoms with van der Waals surface area (Å²) in [7, 11) is 1.83. The Morgan fingerprint density at radius 1 is 1.28 bits per heavy atom. The Balaban J connectivity index is 2.17. The number of aromatic nitrogens is 1. The second-order valence-corrected chi connectivity index (χ2v) is 4.61. The van der Waals surface area contributed by atoms with Crippen molar-refractivity contribution in [1.82, 2.24) is 4.98 Å². The van der Waals surface area contributed by atoms with Crippen molar-refractivity contribution in [1.29, 1.82) is 0 Å². The van der Waals surface area contributed by atoms with Gasteiger partial charge in [0, 0.05) is 30.7 Å². The zero-order valence-electron chi connectivity index (χ0n) is 10.5. The smallest absolute Gasteiger partial charge is 0.231 e. The van der Waals surface area contributed by atoms with Crippen molar-refractivity contribution in [2.45, 2.75) is 13.3 Å². The van der Waals surface area contributed by atoms with Crippen LogP contribution in [0.2, 0.25) is 0 Å². The van der Waals surface area contributed by atoms with Crippen molar-refractivity contribution in [3.63, 3.8) is 0 Å². The van der Waals surface area contributed by atoms with Crippen LogP contribution in [0.3, 0.4) is 0 Å². The maximum absolute atomic E-state index is 11.7. The van der Waals surface area contributed by atoms with Crippen LogP contribution >= 0.6 is 0 Å². The number of anilines is 1. The van der Waals surface area contributed by atoms with Gasteiger partial charge in [-0.3, -0.25) is 9.78 Å². The predicted octanol–water partition coefficient (Wildman–Crippen LogP) is 2.58. The molecule has 0 fully saturated rings. The first kappa shape index (κ1) is 11.0. The first-order valence-corrected chi connectivity index (χ1v) is 5.98. The van der Waals surface area contributed by atoms with Gasteiger partial charge in [0.25, 0.3) is 0 Å². The number of amides is 1. The summed E-state index contributed by atoms with van der Waals surface area (Å²) < 4.78 is 0. The molecule has 0 saturated carbocycles. The zero-order chi connectivity index (χ0) is 12.7. The number of fused-ring (bicyclic) bond motifs is 1. The van der Waals surface area contributed by atoms with E-state index in [1.54, 1.807) is 11.1 Å². The van der Waals surface area contributed by atoms with Gasteiger partial charge in [0.15, 0.2) is 0 Å².